The fourth-order valence-electron chi connectivity index (χ4n) is 1.65. The number of rotatable bonds is 9. The molecule has 0 saturated heterocycles. The van der Waals surface area contributed by atoms with Gasteiger partial charge in [0, 0.05) is 0 Å². The van der Waals surface area contributed by atoms with Crippen molar-refractivity contribution >= 4 is 22.2 Å². The smallest absolute Gasteiger partial charge is 0.407 e. The van der Waals surface area contributed by atoms with Crippen LogP contribution in [0, 0.1) is 0 Å². The molecule has 0 aliphatic heterocycles. The molecule has 1 atom stereocenters. The number of carbonyl (C=O) groups excluding carboxylic acids is 2. The molecule has 0 radical (unpaired) electrons. The van der Waals surface area contributed by atoms with Crippen molar-refractivity contribution in [3.8, 4) is 0 Å². The lowest BCUT2D eigenvalue weighted by Crippen LogP contribution is -2.48. The molecule has 9 heteroatoms. The quantitative estimate of drug-likeness (QED) is 0.486. The van der Waals surface area contributed by atoms with E-state index in [1.807, 2.05) is 6.07 Å². The van der Waals surface area contributed by atoms with E-state index in [4.69, 9.17) is 4.74 Å². The van der Waals surface area contributed by atoms with Gasteiger partial charge in [0.2, 0.25) is 0 Å². The molecule has 128 valence electrons. The first-order valence-electron chi connectivity index (χ1n) is 6.80. The molecule has 1 aromatic rings. The van der Waals surface area contributed by atoms with Crippen LogP contribution in [0.1, 0.15) is 18.4 Å². The first-order valence-corrected chi connectivity index (χ1v) is 8.62. The lowest BCUT2D eigenvalue weighted by atomic mass is 10.1. The van der Waals surface area contributed by atoms with E-state index in [1.54, 1.807) is 24.3 Å². The van der Waals surface area contributed by atoms with Gasteiger partial charge in [0.05, 0.1) is 24.9 Å². The fourth-order valence-corrected chi connectivity index (χ4v) is 2.07. The molecule has 8 nitrogen and oxygen atoms in total. The van der Waals surface area contributed by atoms with Gasteiger partial charge >= 0.3 is 6.09 Å². The molecule has 1 aromatic carbocycles. The lowest BCUT2D eigenvalue weighted by Gasteiger charge is -2.19. The highest BCUT2D eigenvalue weighted by Crippen LogP contribution is 2.03. The first-order chi connectivity index (χ1) is 10.8. The molecule has 23 heavy (non-hydrogen) atoms. The van der Waals surface area contributed by atoms with E-state index in [2.05, 4.69) is 9.50 Å². The Morgan fingerprint density at radius 3 is 2.48 bits per heavy atom. The Labute approximate surface area is 134 Å². The molecule has 1 N–H and O–H groups in total. The summed E-state index contributed by atoms with van der Waals surface area (Å²) in [5, 5.41) is 13.1. The number of hydrogen-bond donors (Lipinski definition) is 1. The van der Waals surface area contributed by atoms with Crippen molar-refractivity contribution in [1.82, 2.24) is 5.32 Å². The molecule has 0 bridgehead atoms. The lowest BCUT2D eigenvalue weighted by molar-refractivity contribution is -0.308. The molecule has 1 amide bonds. The van der Waals surface area contributed by atoms with Gasteiger partial charge in [-0.15, -0.1) is 0 Å². The summed E-state index contributed by atoms with van der Waals surface area (Å²) in [5.74, 6) is -1.49. The van der Waals surface area contributed by atoms with Crippen LogP contribution in [0.15, 0.2) is 30.3 Å². The Morgan fingerprint density at radius 1 is 1.26 bits per heavy atom. The Balaban J connectivity index is 2.36. The van der Waals surface area contributed by atoms with E-state index in [0.29, 0.717) is 0 Å². The van der Waals surface area contributed by atoms with Crippen molar-refractivity contribution in [3.63, 3.8) is 0 Å². The number of hydrogen-bond acceptors (Lipinski definition) is 7. The average Bonchev–Trinajstić information content (AvgIpc) is 2.48. The monoisotopic (exact) mass is 344 g/mol. The maximum atomic E-state index is 11.6. The molecular formula is C14H18NO7S-. The van der Waals surface area contributed by atoms with Crippen LogP contribution in [0.25, 0.3) is 0 Å². The zero-order chi connectivity index (χ0) is 17.3. The second-order valence-electron chi connectivity index (χ2n) is 4.75. The van der Waals surface area contributed by atoms with Gasteiger partial charge in [-0.2, -0.15) is 8.42 Å². The number of ether oxygens (including phenoxy) is 1. The van der Waals surface area contributed by atoms with Gasteiger partial charge in [-0.05, 0) is 18.4 Å². The van der Waals surface area contributed by atoms with Gasteiger partial charge in [0.25, 0.3) is 10.1 Å². The van der Waals surface area contributed by atoms with Gasteiger partial charge in [-0.3, -0.25) is 4.18 Å². The van der Waals surface area contributed by atoms with Crippen molar-refractivity contribution in [3.05, 3.63) is 35.9 Å². The van der Waals surface area contributed by atoms with Crippen LogP contribution in [0.3, 0.4) is 0 Å². The van der Waals surface area contributed by atoms with Gasteiger partial charge < -0.3 is 20.0 Å². The molecule has 0 aliphatic carbocycles. The average molecular weight is 344 g/mol. The maximum absolute atomic E-state index is 11.6. The zero-order valence-corrected chi connectivity index (χ0v) is 13.4. The third kappa shape index (κ3) is 8.79. The largest absolute Gasteiger partial charge is 0.548 e. The number of aliphatic carboxylic acids is 1. The van der Waals surface area contributed by atoms with E-state index in [1.165, 1.54) is 0 Å². The number of amides is 1. The maximum Gasteiger partial charge on any atom is 0.407 e. The van der Waals surface area contributed by atoms with Crippen LogP contribution in [0.4, 0.5) is 4.79 Å². The number of nitrogens with one attached hydrogen (secondary N) is 1. The number of carbonyl (C=O) groups is 2. The summed E-state index contributed by atoms with van der Waals surface area (Å²) in [7, 11) is -3.58. The van der Waals surface area contributed by atoms with E-state index < -0.39 is 28.2 Å². The van der Waals surface area contributed by atoms with Crippen molar-refractivity contribution in [2.75, 3.05) is 12.9 Å². The van der Waals surface area contributed by atoms with Gasteiger partial charge in [0.1, 0.15) is 6.61 Å². The van der Waals surface area contributed by atoms with Crippen molar-refractivity contribution in [2.24, 2.45) is 0 Å². The third-order valence-corrected chi connectivity index (χ3v) is 3.32. The number of alkyl carbamates (subject to hydrolysis) is 1. The summed E-state index contributed by atoms with van der Waals surface area (Å²) in [6.07, 6.45) is 0.0675. The third-order valence-electron chi connectivity index (χ3n) is 2.72. The van der Waals surface area contributed by atoms with Crippen LogP contribution in [-0.4, -0.2) is 39.4 Å². The van der Waals surface area contributed by atoms with Crippen molar-refractivity contribution in [2.45, 2.75) is 25.5 Å². The standard InChI is InChI=1S/C14H19NO7S/c1-23(19,20)22-9-5-8-12(13(16)17)15-14(18)21-10-11-6-3-2-4-7-11/h2-4,6-7,12H,5,8-10H2,1H3,(H,15,18)(H,16,17)/p-1. The first kappa shape index (κ1) is 18.9. The van der Waals surface area contributed by atoms with E-state index >= 15 is 0 Å². The van der Waals surface area contributed by atoms with Gasteiger partial charge in [-0.1, -0.05) is 30.3 Å². The minimum absolute atomic E-state index is 0.00360. The normalized spacial score (nSPS) is 12.4. The van der Waals surface area contributed by atoms with Gasteiger partial charge in [-0.25, -0.2) is 4.79 Å². The summed E-state index contributed by atoms with van der Waals surface area (Å²) >= 11 is 0. The molecule has 0 aliphatic rings. The second kappa shape index (κ2) is 9.11. The van der Waals surface area contributed by atoms with Crippen LogP contribution in [-0.2, 0) is 30.4 Å². The highest BCUT2D eigenvalue weighted by atomic mass is 32.2. The zero-order valence-electron chi connectivity index (χ0n) is 12.6. The number of carboxylic acid groups (broad SMARTS) is 1. The molecule has 0 aromatic heterocycles. The Morgan fingerprint density at radius 2 is 1.91 bits per heavy atom. The molecule has 0 saturated carbocycles. The summed E-state index contributed by atoms with van der Waals surface area (Å²) in [4.78, 5) is 22.5. The van der Waals surface area contributed by atoms with Crippen LogP contribution in [0.5, 0.6) is 0 Å². The van der Waals surface area contributed by atoms with Gasteiger partial charge in [0.15, 0.2) is 0 Å². The van der Waals surface area contributed by atoms with Crippen molar-refractivity contribution < 1.29 is 32.0 Å². The minimum atomic E-state index is -3.58. The second-order valence-corrected chi connectivity index (χ2v) is 6.39. The topological polar surface area (TPSA) is 122 Å². The summed E-state index contributed by atoms with van der Waals surface area (Å²) in [5.41, 5.74) is 0.759. The predicted molar refractivity (Wildman–Crippen MR) is 78.6 cm³/mol. The Hall–Kier alpha value is -2.13. The summed E-state index contributed by atoms with van der Waals surface area (Å²) in [6.45, 7) is -0.174. The van der Waals surface area contributed by atoms with Crippen LogP contribution < -0.4 is 10.4 Å². The molecule has 0 heterocycles. The number of benzene rings is 1. The van der Waals surface area contributed by atoms with Crippen molar-refractivity contribution in [1.29, 1.82) is 0 Å². The highest BCUT2D eigenvalue weighted by molar-refractivity contribution is 7.85. The highest BCUT2D eigenvalue weighted by Gasteiger charge is 2.15. The Bertz CT molecular complexity index is 615. The van der Waals surface area contributed by atoms with E-state index in [-0.39, 0.29) is 26.1 Å². The molecule has 0 spiro atoms. The molecule has 0 fully saturated rings. The molecule has 1 unspecified atom stereocenters. The SMILES string of the molecule is CS(=O)(=O)OCCCC(NC(=O)OCc1ccccc1)C(=O)[O-]. The summed E-state index contributed by atoms with van der Waals surface area (Å²) in [6, 6.07) is 7.60. The number of carboxylic acids is 1. The predicted octanol–water partition coefficient (Wildman–Crippen LogP) is -0.212. The minimum Gasteiger partial charge on any atom is -0.548 e. The van der Waals surface area contributed by atoms with E-state index in [9.17, 15) is 23.1 Å². The summed E-state index contributed by atoms with van der Waals surface area (Å²) < 4.78 is 30.9. The van der Waals surface area contributed by atoms with E-state index in [0.717, 1.165) is 11.8 Å². The van der Waals surface area contributed by atoms with Crippen LogP contribution >= 0.6 is 0 Å². The Kier molecular flexibility index (Phi) is 7.49. The molecular weight excluding hydrogens is 326 g/mol. The van der Waals surface area contributed by atoms with Crippen LogP contribution in [0.2, 0.25) is 0 Å². The molecule has 1 rings (SSSR count). The fraction of sp³-hybridized carbons (Fsp3) is 0.429.